The second kappa shape index (κ2) is 8.37. The zero-order valence-corrected chi connectivity index (χ0v) is 18.4. The fraction of sp³-hybridized carbons (Fsp3) is 0.458. The van der Waals surface area contributed by atoms with Crippen LogP contribution in [0.2, 0.25) is 0 Å². The number of morpholine rings is 1. The lowest BCUT2D eigenvalue weighted by atomic mass is 9.86. The molecule has 1 saturated carbocycles. The highest BCUT2D eigenvalue weighted by atomic mass is 32.2. The van der Waals surface area contributed by atoms with Crippen molar-refractivity contribution in [2.24, 2.45) is 0 Å². The number of fused-ring (bicyclic) bond motifs is 1. The third kappa shape index (κ3) is 4.02. The monoisotopic (exact) mass is 440 g/mol. The highest BCUT2D eigenvalue weighted by Crippen LogP contribution is 2.41. The van der Waals surface area contributed by atoms with Gasteiger partial charge in [0, 0.05) is 24.7 Å². The van der Waals surface area contributed by atoms with Gasteiger partial charge in [-0.15, -0.1) is 0 Å². The van der Waals surface area contributed by atoms with Crippen molar-refractivity contribution < 1.29 is 17.9 Å². The highest BCUT2D eigenvalue weighted by Gasteiger charge is 2.40. The maximum atomic E-state index is 13.7. The molecule has 2 aromatic carbocycles. The third-order valence-corrected chi connectivity index (χ3v) is 8.43. The molecule has 2 aliphatic carbocycles. The molecule has 1 aliphatic heterocycles. The summed E-state index contributed by atoms with van der Waals surface area (Å²) in [6, 6.07) is 15.3. The molecule has 0 aromatic heterocycles. The van der Waals surface area contributed by atoms with Gasteiger partial charge >= 0.3 is 0 Å². The van der Waals surface area contributed by atoms with Crippen LogP contribution in [0.15, 0.2) is 53.4 Å². The molecule has 164 valence electrons. The Morgan fingerprint density at radius 1 is 1.00 bits per heavy atom. The summed E-state index contributed by atoms with van der Waals surface area (Å²) in [7, 11) is -3.64. The van der Waals surface area contributed by atoms with E-state index >= 15 is 0 Å². The molecule has 1 atom stereocenters. The smallest absolute Gasteiger partial charge is 0.254 e. The summed E-state index contributed by atoms with van der Waals surface area (Å²) in [4.78, 5) is 15.9. The van der Waals surface area contributed by atoms with Crippen LogP contribution < -0.4 is 0 Å². The lowest BCUT2D eigenvalue weighted by Gasteiger charge is -2.36. The Morgan fingerprint density at radius 3 is 2.55 bits per heavy atom. The molecule has 0 N–H and O–H groups in total. The molecule has 31 heavy (non-hydrogen) atoms. The normalized spacial score (nSPS) is 22.0. The van der Waals surface area contributed by atoms with Crippen molar-refractivity contribution in [3.05, 3.63) is 65.2 Å². The predicted octanol–water partition coefficient (Wildman–Crippen LogP) is 3.39. The maximum absolute atomic E-state index is 13.7. The summed E-state index contributed by atoms with van der Waals surface area (Å²) in [6.45, 7) is 1.48. The fourth-order valence-corrected chi connectivity index (χ4v) is 6.26. The number of nitrogens with zero attached hydrogens (tertiary/aromatic N) is 2. The van der Waals surface area contributed by atoms with Crippen LogP contribution in [0.3, 0.4) is 0 Å². The highest BCUT2D eigenvalue weighted by molar-refractivity contribution is 7.89. The topological polar surface area (TPSA) is 66.9 Å². The van der Waals surface area contributed by atoms with Gasteiger partial charge in [-0.2, -0.15) is 4.31 Å². The standard InChI is InChI=1S/C24H28N2O4S/c27-24(19-7-3-8-21(17-19)31(28,29)25-13-15-30-16-14-25)26(20-11-12-20)23-10-4-6-18-5-1-2-9-22(18)23/h1-3,5,7-9,17,20,23H,4,6,10-16H2. The van der Waals surface area contributed by atoms with Gasteiger partial charge in [0.05, 0.1) is 24.2 Å². The van der Waals surface area contributed by atoms with Crippen LogP contribution in [0.5, 0.6) is 0 Å². The van der Waals surface area contributed by atoms with Crippen LogP contribution in [0.1, 0.15) is 53.2 Å². The number of benzene rings is 2. The molecular weight excluding hydrogens is 412 g/mol. The lowest BCUT2D eigenvalue weighted by Crippen LogP contribution is -2.41. The summed E-state index contributed by atoms with van der Waals surface area (Å²) in [5.74, 6) is -0.0665. The Morgan fingerprint density at radius 2 is 1.77 bits per heavy atom. The van der Waals surface area contributed by atoms with E-state index in [1.54, 1.807) is 24.3 Å². The molecule has 3 aliphatic rings. The van der Waals surface area contributed by atoms with Crippen molar-refractivity contribution in [1.29, 1.82) is 0 Å². The number of carbonyl (C=O) groups is 1. The van der Waals surface area contributed by atoms with Gasteiger partial charge in [0.2, 0.25) is 10.0 Å². The van der Waals surface area contributed by atoms with E-state index in [1.165, 1.54) is 15.4 Å². The Bertz CT molecular complexity index is 1070. The largest absolute Gasteiger partial charge is 0.379 e. The minimum Gasteiger partial charge on any atom is -0.379 e. The number of sulfonamides is 1. The molecule has 0 radical (unpaired) electrons. The molecule has 0 bridgehead atoms. The molecule has 6 nitrogen and oxygen atoms in total. The lowest BCUT2D eigenvalue weighted by molar-refractivity contribution is 0.0637. The van der Waals surface area contributed by atoms with Crippen LogP contribution in [0.4, 0.5) is 0 Å². The van der Waals surface area contributed by atoms with E-state index in [4.69, 9.17) is 4.74 Å². The van der Waals surface area contributed by atoms with Crippen molar-refractivity contribution >= 4 is 15.9 Å². The number of rotatable bonds is 5. The van der Waals surface area contributed by atoms with Crippen molar-refractivity contribution in [3.63, 3.8) is 0 Å². The average molecular weight is 441 g/mol. The minimum absolute atomic E-state index is 0.0597. The van der Waals surface area contributed by atoms with Crippen molar-refractivity contribution in [3.8, 4) is 0 Å². The van der Waals surface area contributed by atoms with Crippen molar-refractivity contribution in [2.45, 2.75) is 49.1 Å². The average Bonchev–Trinajstić information content (AvgIpc) is 3.65. The number of hydrogen-bond acceptors (Lipinski definition) is 4. The van der Waals surface area contributed by atoms with Gasteiger partial charge in [-0.1, -0.05) is 30.3 Å². The number of amides is 1. The minimum atomic E-state index is -3.64. The van der Waals surface area contributed by atoms with Crippen LogP contribution in [0, 0.1) is 0 Å². The first kappa shape index (κ1) is 20.7. The first-order chi connectivity index (χ1) is 15.1. The quantitative estimate of drug-likeness (QED) is 0.715. The molecule has 1 unspecified atom stereocenters. The third-order valence-electron chi connectivity index (χ3n) is 6.54. The molecule has 5 rings (SSSR count). The molecule has 1 amide bonds. The zero-order valence-electron chi connectivity index (χ0n) is 17.6. The number of ether oxygens (including phenoxy) is 1. The van der Waals surface area contributed by atoms with Gasteiger partial charge in [0.25, 0.3) is 5.91 Å². The van der Waals surface area contributed by atoms with Crippen LogP contribution >= 0.6 is 0 Å². The zero-order chi connectivity index (χ0) is 21.4. The summed E-state index contributed by atoms with van der Waals surface area (Å²) in [5, 5.41) is 0. The van der Waals surface area contributed by atoms with Crippen LogP contribution in [0.25, 0.3) is 0 Å². The summed E-state index contributed by atoms with van der Waals surface area (Å²) in [6.07, 6.45) is 5.08. The van der Waals surface area contributed by atoms with E-state index in [-0.39, 0.29) is 22.9 Å². The van der Waals surface area contributed by atoms with Crippen LogP contribution in [-0.4, -0.2) is 55.9 Å². The van der Waals surface area contributed by atoms with Crippen molar-refractivity contribution in [2.75, 3.05) is 26.3 Å². The van der Waals surface area contributed by atoms with E-state index in [0.717, 1.165) is 32.1 Å². The van der Waals surface area contributed by atoms with Gasteiger partial charge in [-0.3, -0.25) is 4.79 Å². The Balaban J connectivity index is 1.46. The molecule has 2 fully saturated rings. The number of aryl methyl sites for hydroxylation is 1. The fourth-order valence-electron chi connectivity index (χ4n) is 4.81. The summed E-state index contributed by atoms with van der Waals surface area (Å²) >= 11 is 0. The molecule has 0 spiro atoms. The first-order valence-electron chi connectivity index (χ1n) is 11.1. The van der Waals surface area contributed by atoms with E-state index in [9.17, 15) is 13.2 Å². The van der Waals surface area contributed by atoms with Gasteiger partial charge in [-0.05, 0) is 61.4 Å². The van der Waals surface area contributed by atoms with E-state index in [1.807, 2.05) is 11.0 Å². The second-order valence-corrected chi connectivity index (χ2v) is 10.5. The van der Waals surface area contributed by atoms with Gasteiger partial charge in [0.1, 0.15) is 0 Å². The molecule has 1 saturated heterocycles. The summed E-state index contributed by atoms with van der Waals surface area (Å²) in [5.41, 5.74) is 3.01. The molecular formula is C24H28N2O4S. The Hall–Kier alpha value is -2.22. The SMILES string of the molecule is O=C(c1cccc(S(=O)(=O)N2CCOCC2)c1)N(C1CC1)C1CCCc2ccccc21. The van der Waals surface area contributed by atoms with Crippen LogP contribution in [-0.2, 0) is 21.2 Å². The number of hydrogen-bond donors (Lipinski definition) is 0. The second-order valence-electron chi connectivity index (χ2n) is 8.59. The molecule has 2 aromatic rings. The van der Waals surface area contributed by atoms with E-state index in [0.29, 0.717) is 31.9 Å². The Kier molecular flexibility index (Phi) is 5.58. The Labute approximate surface area is 183 Å². The van der Waals surface area contributed by atoms with Crippen molar-refractivity contribution in [1.82, 2.24) is 9.21 Å². The molecule has 1 heterocycles. The number of carbonyl (C=O) groups excluding carboxylic acids is 1. The summed E-state index contributed by atoms with van der Waals surface area (Å²) < 4.78 is 32.9. The van der Waals surface area contributed by atoms with Gasteiger partial charge < -0.3 is 9.64 Å². The maximum Gasteiger partial charge on any atom is 0.254 e. The van der Waals surface area contributed by atoms with Gasteiger partial charge in [-0.25, -0.2) is 8.42 Å². The predicted molar refractivity (Wildman–Crippen MR) is 117 cm³/mol. The van der Waals surface area contributed by atoms with E-state index in [2.05, 4.69) is 18.2 Å². The van der Waals surface area contributed by atoms with E-state index < -0.39 is 10.0 Å². The van der Waals surface area contributed by atoms with Gasteiger partial charge in [0.15, 0.2) is 0 Å². The first-order valence-corrected chi connectivity index (χ1v) is 12.6. The molecule has 7 heteroatoms.